The summed E-state index contributed by atoms with van der Waals surface area (Å²) in [6, 6.07) is -0.351. The Morgan fingerprint density at radius 3 is 2.84 bits per heavy atom. The van der Waals surface area contributed by atoms with Crippen LogP contribution < -0.4 is 10.6 Å². The van der Waals surface area contributed by atoms with Gasteiger partial charge in [0.2, 0.25) is 11.8 Å². The highest BCUT2D eigenvalue weighted by molar-refractivity contribution is 5.89. The van der Waals surface area contributed by atoms with Crippen LogP contribution in [0.1, 0.15) is 13.8 Å². The van der Waals surface area contributed by atoms with Gasteiger partial charge in [0.25, 0.3) is 0 Å². The average molecular weight is 294 g/mol. The molecule has 0 aromatic carbocycles. The summed E-state index contributed by atoms with van der Waals surface area (Å²) in [6.07, 6.45) is 0. The number of carbonyl (C=O) groups is 2. The fraction of sp³-hybridized carbons (Fsp3) is 0.833. The Morgan fingerprint density at radius 1 is 1.58 bits per heavy atom. The summed E-state index contributed by atoms with van der Waals surface area (Å²) in [5.74, 6) is 0.0365. The van der Waals surface area contributed by atoms with E-state index in [1.165, 1.54) is 0 Å². The number of rotatable bonds is 6. The summed E-state index contributed by atoms with van der Waals surface area (Å²) in [7, 11) is 1.62. The molecular formula is C12H24ClN3O3. The fourth-order valence-electron chi connectivity index (χ4n) is 2.10. The van der Waals surface area contributed by atoms with Crippen LogP contribution in [0.5, 0.6) is 0 Å². The fourth-order valence-corrected chi connectivity index (χ4v) is 2.10. The number of ether oxygens (including phenoxy) is 1. The molecule has 1 atom stereocenters. The minimum Gasteiger partial charge on any atom is -0.383 e. The predicted molar refractivity (Wildman–Crippen MR) is 75.3 cm³/mol. The third kappa shape index (κ3) is 5.34. The van der Waals surface area contributed by atoms with E-state index in [-0.39, 0.29) is 42.7 Å². The van der Waals surface area contributed by atoms with Crippen LogP contribution in [0.15, 0.2) is 0 Å². The molecule has 112 valence electrons. The van der Waals surface area contributed by atoms with Gasteiger partial charge < -0.3 is 20.3 Å². The van der Waals surface area contributed by atoms with Crippen LogP contribution in [0.2, 0.25) is 0 Å². The highest BCUT2D eigenvalue weighted by Gasteiger charge is 2.34. The molecule has 2 amide bonds. The Balaban J connectivity index is 0.00000324. The number of methoxy groups -OCH3 is 1. The van der Waals surface area contributed by atoms with Gasteiger partial charge in [-0.1, -0.05) is 13.8 Å². The van der Waals surface area contributed by atoms with Gasteiger partial charge in [0.1, 0.15) is 6.04 Å². The second kappa shape index (κ2) is 9.12. The Labute approximate surface area is 120 Å². The standard InChI is InChI=1S/C12H23N3O3.ClH/c1-9(2)11-12(17)14-4-6-15(11)10(16)8-13-5-7-18-3;/h9,11,13H,4-8H2,1-3H3,(H,14,17);1H. The molecule has 1 aliphatic rings. The van der Waals surface area contributed by atoms with Crippen molar-refractivity contribution in [3.8, 4) is 0 Å². The third-order valence-corrected chi connectivity index (χ3v) is 2.97. The van der Waals surface area contributed by atoms with Gasteiger partial charge in [-0.25, -0.2) is 0 Å². The number of nitrogens with zero attached hydrogens (tertiary/aromatic N) is 1. The molecule has 1 fully saturated rings. The van der Waals surface area contributed by atoms with E-state index in [1.54, 1.807) is 12.0 Å². The molecule has 0 aliphatic carbocycles. The summed E-state index contributed by atoms with van der Waals surface area (Å²) >= 11 is 0. The Kier molecular flexibility index (Phi) is 8.71. The van der Waals surface area contributed by atoms with Crippen molar-refractivity contribution in [2.45, 2.75) is 19.9 Å². The van der Waals surface area contributed by atoms with Gasteiger partial charge in [-0.15, -0.1) is 12.4 Å². The molecule has 1 unspecified atom stereocenters. The first kappa shape index (κ1) is 18.1. The van der Waals surface area contributed by atoms with E-state index in [4.69, 9.17) is 4.74 Å². The first-order valence-electron chi connectivity index (χ1n) is 6.34. The van der Waals surface area contributed by atoms with Gasteiger partial charge in [0.15, 0.2) is 0 Å². The molecule has 1 heterocycles. The van der Waals surface area contributed by atoms with Crippen LogP contribution in [-0.4, -0.2) is 62.7 Å². The lowest BCUT2D eigenvalue weighted by Crippen LogP contribution is -2.60. The Hall–Kier alpha value is -0.850. The maximum Gasteiger partial charge on any atom is 0.243 e. The molecule has 0 saturated carbocycles. The van der Waals surface area contributed by atoms with Crippen molar-refractivity contribution in [1.29, 1.82) is 0 Å². The monoisotopic (exact) mass is 293 g/mol. The molecule has 0 aromatic rings. The number of amides is 2. The van der Waals surface area contributed by atoms with Crippen LogP contribution >= 0.6 is 12.4 Å². The lowest BCUT2D eigenvalue weighted by atomic mass is 9.99. The van der Waals surface area contributed by atoms with Gasteiger partial charge in [-0.05, 0) is 5.92 Å². The van der Waals surface area contributed by atoms with E-state index in [9.17, 15) is 9.59 Å². The van der Waals surface area contributed by atoms with Crippen molar-refractivity contribution in [3.05, 3.63) is 0 Å². The minimum absolute atomic E-state index is 0. The van der Waals surface area contributed by atoms with Crippen molar-refractivity contribution in [3.63, 3.8) is 0 Å². The highest BCUT2D eigenvalue weighted by Crippen LogP contribution is 2.13. The first-order chi connectivity index (χ1) is 8.57. The third-order valence-electron chi connectivity index (χ3n) is 2.97. The van der Waals surface area contributed by atoms with Crippen LogP contribution in [0, 0.1) is 5.92 Å². The molecule has 1 aliphatic heterocycles. The quantitative estimate of drug-likeness (QED) is 0.656. The smallest absolute Gasteiger partial charge is 0.243 e. The molecule has 19 heavy (non-hydrogen) atoms. The van der Waals surface area contributed by atoms with Crippen molar-refractivity contribution in [2.24, 2.45) is 5.92 Å². The van der Waals surface area contributed by atoms with Crippen LogP contribution in [0.3, 0.4) is 0 Å². The number of piperazine rings is 1. The largest absolute Gasteiger partial charge is 0.383 e. The van der Waals surface area contributed by atoms with Gasteiger partial charge >= 0.3 is 0 Å². The number of carbonyl (C=O) groups excluding carboxylic acids is 2. The maximum absolute atomic E-state index is 12.1. The average Bonchev–Trinajstić information content (AvgIpc) is 2.33. The van der Waals surface area contributed by atoms with Gasteiger partial charge in [0, 0.05) is 26.7 Å². The number of hydrogen-bond donors (Lipinski definition) is 2. The van der Waals surface area contributed by atoms with Crippen molar-refractivity contribution >= 4 is 24.2 Å². The molecule has 1 saturated heterocycles. The lowest BCUT2D eigenvalue weighted by molar-refractivity contribution is -0.144. The minimum atomic E-state index is -0.351. The second-order valence-corrected chi connectivity index (χ2v) is 4.74. The SMILES string of the molecule is COCCNCC(=O)N1CCNC(=O)C1C(C)C.Cl. The molecule has 0 bridgehead atoms. The summed E-state index contributed by atoms with van der Waals surface area (Å²) in [5.41, 5.74) is 0. The molecule has 7 heteroatoms. The molecule has 0 aromatic heterocycles. The van der Waals surface area contributed by atoms with Gasteiger partial charge in [0.05, 0.1) is 13.2 Å². The summed E-state index contributed by atoms with van der Waals surface area (Å²) in [5, 5.41) is 5.81. The highest BCUT2D eigenvalue weighted by atomic mass is 35.5. The number of nitrogens with one attached hydrogen (secondary N) is 2. The summed E-state index contributed by atoms with van der Waals surface area (Å²) in [4.78, 5) is 25.5. The van der Waals surface area contributed by atoms with E-state index in [1.807, 2.05) is 13.8 Å². The zero-order valence-electron chi connectivity index (χ0n) is 11.8. The zero-order chi connectivity index (χ0) is 13.5. The molecule has 0 radical (unpaired) electrons. The van der Waals surface area contributed by atoms with E-state index in [2.05, 4.69) is 10.6 Å². The predicted octanol–water partition coefficient (Wildman–Crippen LogP) is -0.373. The number of halogens is 1. The van der Waals surface area contributed by atoms with Crippen molar-refractivity contribution < 1.29 is 14.3 Å². The zero-order valence-corrected chi connectivity index (χ0v) is 12.6. The molecule has 1 rings (SSSR count). The molecule has 2 N–H and O–H groups in total. The van der Waals surface area contributed by atoms with E-state index < -0.39 is 0 Å². The van der Waals surface area contributed by atoms with Crippen LogP contribution in [0.4, 0.5) is 0 Å². The topological polar surface area (TPSA) is 70.7 Å². The summed E-state index contributed by atoms with van der Waals surface area (Å²) in [6.45, 7) is 6.48. The molecular weight excluding hydrogens is 270 g/mol. The van der Waals surface area contributed by atoms with E-state index in [0.29, 0.717) is 26.2 Å². The Bertz CT molecular complexity index is 300. The lowest BCUT2D eigenvalue weighted by Gasteiger charge is -2.37. The van der Waals surface area contributed by atoms with Crippen LogP contribution in [0.25, 0.3) is 0 Å². The number of hydrogen-bond acceptors (Lipinski definition) is 4. The molecule has 6 nitrogen and oxygen atoms in total. The molecule has 0 spiro atoms. The summed E-state index contributed by atoms with van der Waals surface area (Å²) < 4.78 is 4.89. The van der Waals surface area contributed by atoms with Crippen LogP contribution in [-0.2, 0) is 14.3 Å². The van der Waals surface area contributed by atoms with Gasteiger partial charge in [-0.3, -0.25) is 9.59 Å². The maximum atomic E-state index is 12.1. The second-order valence-electron chi connectivity index (χ2n) is 4.74. The van der Waals surface area contributed by atoms with E-state index >= 15 is 0 Å². The first-order valence-corrected chi connectivity index (χ1v) is 6.34. The van der Waals surface area contributed by atoms with Crippen molar-refractivity contribution in [2.75, 3.05) is 39.9 Å². The van der Waals surface area contributed by atoms with Gasteiger partial charge in [-0.2, -0.15) is 0 Å². The Morgan fingerprint density at radius 2 is 2.26 bits per heavy atom. The normalized spacial score (nSPS) is 19.1. The van der Waals surface area contributed by atoms with E-state index in [0.717, 1.165) is 0 Å². The van der Waals surface area contributed by atoms with Crippen molar-refractivity contribution in [1.82, 2.24) is 15.5 Å².